The maximum absolute atomic E-state index is 12.0. The van der Waals surface area contributed by atoms with Gasteiger partial charge in [0.2, 0.25) is 0 Å². The number of hydrogen-bond acceptors (Lipinski definition) is 3. The fourth-order valence-electron chi connectivity index (χ4n) is 3.35. The number of aliphatic imine (C=N–C) groups is 2. The van der Waals surface area contributed by atoms with E-state index in [0.717, 1.165) is 49.1 Å². The van der Waals surface area contributed by atoms with Gasteiger partial charge in [-0.2, -0.15) is 0 Å². The van der Waals surface area contributed by atoms with Crippen LogP contribution >= 0.6 is 0 Å². The number of unbranched alkanes of at least 4 members (excludes halogenated alkanes) is 1. The molecule has 4 nitrogen and oxygen atoms in total. The highest BCUT2D eigenvalue weighted by Crippen LogP contribution is 2.29. The molecule has 0 fully saturated rings. The molecule has 1 aliphatic rings. The molecule has 0 aliphatic carbocycles. The van der Waals surface area contributed by atoms with Crippen molar-refractivity contribution in [3.05, 3.63) is 47.3 Å². The first-order valence-corrected chi connectivity index (χ1v) is 12.7. The van der Waals surface area contributed by atoms with Crippen LogP contribution in [0.2, 0.25) is 0 Å². The monoisotopic (exact) mass is 507 g/mol. The van der Waals surface area contributed by atoms with Crippen molar-refractivity contribution in [3.8, 4) is 25.2 Å². The highest BCUT2D eigenvalue weighted by Gasteiger charge is 2.23. The van der Waals surface area contributed by atoms with Crippen molar-refractivity contribution in [2.75, 3.05) is 6.54 Å². The molecule has 1 aliphatic heterocycles. The summed E-state index contributed by atoms with van der Waals surface area (Å²) in [6.45, 7) is 28.0. The fourth-order valence-corrected chi connectivity index (χ4v) is 3.35. The number of hydrogen-bond donors (Lipinski definition) is 1. The maximum atomic E-state index is 12.0. The van der Waals surface area contributed by atoms with E-state index in [4.69, 9.17) is 6.42 Å². The van der Waals surface area contributed by atoms with Crippen LogP contribution in [-0.4, -0.2) is 23.9 Å². The zero-order valence-electron chi connectivity index (χ0n) is 24.3. The first kappa shape index (κ1) is 38.4. The van der Waals surface area contributed by atoms with Gasteiger partial charge in [0.25, 0.3) is 5.91 Å². The normalized spacial score (nSPS) is 15.1. The highest BCUT2D eigenvalue weighted by atomic mass is 16.1. The second kappa shape index (κ2) is 20.0. The van der Waals surface area contributed by atoms with Crippen LogP contribution < -0.4 is 5.32 Å². The van der Waals surface area contributed by atoms with E-state index in [1.165, 1.54) is 16.7 Å². The van der Waals surface area contributed by atoms with Crippen molar-refractivity contribution in [2.45, 2.75) is 102 Å². The van der Waals surface area contributed by atoms with Gasteiger partial charge in [0.1, 0.15) is 0 Å². The number of allylic oxidation sites excluding steroid dienone is 5. The lowest BCUT2D eigenvalue weighted by atomic mass is 9.85. The molecule has 0 radical (unpaired) electrons. The van der Waals surface area contributed by atoms with E-state index < -0.39 is 0 Å². The van der Waals surface area contributed by atoms with E-state index in [0.29, 0.717) is 12.0 Å². The molecule has 1 amide bonds. The van der Waals surface area contributed by atoms with Crippen molar-refractivity contribution in [1.29, 1.82) is 0 Å². The number of amides is 1. The largest absolute Gasteiger partial charge is 0.350 e. The first-order chi connectivity index (χ1) is 16.8. The van der Waals surface area contributed by atoms with Crippen molar-refractivity contribution in [2.24, 2.45) is 21.3 Å². The second-order valence-electron chi connectivity index (χ2n) is 10.4. The van der Waals surface area contributed by atoms with Gasteiger partial charge in [-0.05, 0) is 70.3 Å². The molecule has 1 rings (SSSR count). The summed E-state index contributed by atoms with van der Waals surface area (Å²) in [7, 11) is 0. The van der Waals surface area contributed by atoms with Crippen LogP contribution in [-0.2, 0) is 4.79 Å². The Bertz CT molecular complexity index is 940. The summed E-state index contributed by atoms with van der Waals surface area (Å²) in [5.41, 5.74) is 7.38. The van der Waals surface area contributed by atoms with E-state index in [1.54, 1.807) is 6.20 Å². The zero-order chi connectivity index (χ0) is 28.5. The van der Waals surface area contributed by atoms with Gasteiger partial charge in [-0.15, -0.1) is 25.8 Å². The lowest BCUT2D eigenvalue weighted by Crippen LogP contribution is -2.31. The Kier molecular flexibility index (Phi) is 20.8. The lowest BCUT2D eigenvalue weighted by molar-refractivity contribution is -0.114. The molecule has 206 valence electrons. The summed E-state index contributed by atoms with van der Waals surface area (Å²) in [6.07, 6.45) is 20.0. The molecule has 0 bridgehead atoms. The highest BCUT2D eigenvalue weighted by molar-refractivity contribution is 6.45. The van der Waals surface area contributed by atoms with Crippen molar-refractivity contribution in [1.82, 2.24) is 5.32 Å². The molecule has 37 heavy (non-hydrogen) atoms. The predicted octanol–water partition coefficient (Wildman–Crippen LogP) is 8.49. The second-order valence-corrected chi connectivity index (χ2v) is 10.4. The summed E-state index contributed by atoms with van der Waals surface area (Å²) in [6, 6.07) is 0. The Balaban J connectivity index is -0.000000626. The molecule has 1 unspecified atom stereocenters. The number of nitrogens with zero attached hydrogens (tertiary/aromatic N) is 2. The van der Waals surface area contributed by atoms with Crippen LogP contribution in [0, 0.1) is 36.5 Å². The van der Waals surface area contributed by atoms with E-state index in [2.05, 4.69) is 95.7 Å². The van der Waals surface area contributed by atoms with Gasteiger partial charge in [0, 0.05) is 24.4 Å². The summed E-state index contributed by atoms with van der Waals surface area (Å²) in [4.78, 5) is 20.6. The lowest BCUT2D eigenvalue weighted by Gasteiger charge is -2.21. The molecule has 1 heterocycles. The molecule has 0 aromatic carbocycles. The van der Waals surface area contributed by atoms with Gasteiger partial charge in [-0.3, -0.25) is 9.79 Å². The third-order valence-corrected chi connectivity index (χ3v) is 5.67. The summed E-state index contributed by atoms with van der Waals surface area (Å²) < 4.78 is 0. The Hall–Kier alpha value is -3.11. The van der Waals surface area contributed by atoms with Crippen LogP contribution in [0.15, 0.2) is 57.3 Å². The molecular weight excluding hydrogens is 454 g/mol. The minimum absolute atomic E-state index is 0. The van der Waals surface area contributed by atoms with Crippen molar-refractivity contribution >= 4 is 17.3 Å². The first-order valence-electron chi connectivity index (χ1n) is 12.7. The smallest absolute Gasteiger partial charge is 0.278 e. The number of carbonyl (C=O) groups is 1. The minimum atomic E-state index is -0.300. The quantitative estimate of drug-likeness (QED) is 0.104. The van der Waals surface area contributed by atoms with Gasteiger partial charge < -0.3 is 5.32 Å². The van der Waals surface area contributed by atoms with Gasteiger partial charge >= 0.3 is 0 Å². The molecule has 0 aromatic heterocycles. The summed E-state index contributed by atoms with van der Waals surface area (Å²) in [5, 5.41) is 2.78. The SMILES string of the molecule is C.C#C.C#CC(=NC1=CN=C(C)C1CC(=C)C)C(=O)NCCCC.C=C(CC(C)(C)C)/C(C)=C(\C)CC. The van der Waals surface area contributed by atoms with E-state index in [1.807, 2.05) is 13.8 Å². The molecule has 0 spiro atoms. The van der Waals surface area contributed by atoms with Crippen LogP contribution in [0.3, 0.4) is 0 Å². The Morgan fingerprint density at radius 3 is 2.19 bits per heavy atom. The van der Waals surface area contributed by atoms with E-state index >= 15 is 0 Å². The van der Waals surface area contributed by atoms with Crippen molar-refractivity contribution < 1.29 is 4.79 Å². The van der Waals surface area contributed by atoms with Crippen LogP contribution in [0.1, 0.15) is 102 Å². The van der Waals surface area contributed by atoms with Crippen molar-refractivity contribution in [3.63, 3.8) is 0 Å². The number of carbonyl (C=O) groups excluding carboxylic acids is 1. The van der Waals surface area contributed by atoms with E-state index in [-0.39, 0.29) is 25.0 Å². The van der Waals surface area contributed by atoms with Gasteiger partial charge in [0.15, 0.2) is 5.71 Å². The Morgan fingerprint density at radius 1 is 1.19 bits per heavy atom. The minimum Gasteiger partial charge on any atom is -0.350 e. The molecule has 0 saturated carbocycles. The molecule has 0 saturated heterocycles. The Labute approximate surface area is 229 Å². The summed E-state index contributed by atoms with van der Waals surface area (Å²) in [5.74, 6) is 2.13. The molecule has 0 aromatic rings. The van der Waals surface area contributed by atoms with Gasteiger partial charge in [0.05, 0.1) is 5.70 Å². The summed E-state index contributed by atoms with van der Waals surface area (Å²) >= 11 is 0. The molecular formula is C33H53N3O. The van der Waals surface area contributed by atoms with Gasteiger partial charge in [-0.1, -0.05) is 71.8 Å². The standard InChI is InChI=1S/C17H23N3O.C13H24.C2H2.CH4/c1-6-8-9-18-17(21)15(7-2)20-16-11-19-13(5)14(16)10-12(3)4;1-8-10(2)12(4)11(3)9-13(5,6)7;1-2;/h2,11,14H,3,6,8-10H2,1,4-5H3,(H,18,21);3,8-9H2,1-2,4-7H3;1-2H;1H4/b;12-10+;;. The molecule has 1 N–H and O–H groups in total. The van der Waals surface area contributed by atoms with Crippen LogP contribution in [0.5, 0.6) is 0 Å². The average Bonchev–Trinajstić information content (AvgIpc) is 3.15. The zero-order valence-corrected chi connectivity index (χ0v) is 24.3. The third kappa shape index (κ3) is 16.3. The van der Waals surface area contributed by atoms with Gasteiger partial charge in [-0.25, -0.2) is 4.99 Å². The Morgan fingerprint density at radius 2 is 1.76 bits per heavy atom. The third-order valence-electron chi connectivity index (χ3n) is 5.67. The molecule has 4 heteroatoms. The predicted molar refractivity (Wildman–Crippen MR) is 167 cm³/mol. The van der Waals surface area contributed by atoms with Crippen LogP contribution in [0.25, 0.3) is 0 Å². The number of terminal acetylenes is 2. The van der Waals surface area contributed by atoms with Crippen LogP contribution in [0.4, 0.5) is 0 Å². The average molecular weight is 508 g/mol. The fraction of sp³-hybridized carbons (Fsp3) is 0.545. The maximum Gasteiger partial charge on any atom is 0.278 e. The number of nitrogens with one attached hydrogen (secondary N) is 1. The number of rotatable bonds is 10. The topological polar surface area (TPSA) is 53.8 Å². The molecule has 1 atom stereocenters. The van der Waals surface area contributed by atoms with E-state index in [9.17, 15) is 4.79 Å².